The zero-order valence-electron chi connectivity index (χ0n) is 7.98. The summed E-state index contributed by atoms with van der Waals surface area (Å²) in [6.07, 6.45) is 2.75. The molecule has 0 spiro atoms. The van der Waals surface area contributed by atoms with Gasteiger partial charge >= 0.3 is 0 Å². The van der Waals surface area contributed by atoms with Crippen molar-refractivity contribution in [3.05, 3.63) is 30.1 Å². The van der Waals surface area contributed by atoms with E-state index < -0.39 is 0 Å². The summed E-state index contributed by atoms with van der Waals surface area (Å²) in [6.45, 7) is 1.89. The van der Waals surface area contributed by atoms with Crippen LogP contribution in [0.4, 0.5) is 0 Å². The Morgan fingerprint density at radius 2 is 2.23 bits per heavy atom. The van der Waals surface area contributed by atoms with Gasteiger partial charge in [-0.3, -0.25) is 4.98 Å². The number of aromatic nitrogens is 1. The SMILES string of the molecule is CN(CCO)CCc1ccccn1. The number of pyridine rings is 1. The first-order chi connectivity index (χ1) is 6.33. The lowest BCUT2D eigenvalue weighted by atomic mass is 10.2. The average molecular weight is 180 g/mol. The summed E-state index contributed by atoms with van der Waals surface area (Å²) in [5, 5.41) is 8.68. The van der Waals surface area contributed by atoms with E-state index in [-0.39, 0.29) is 6.61 Å². The van der Waals surface area contributed by atoms with Crippen LogP contribution in [-0.2, 0) is 6.42 Å². The first-order valence-corrected chi connectivity index (χ1v) is 4.52. The summed E-state index contributed by atoms with van der Waals surface area (Å²) in [4.78, 5) is 6.31. The lowest BCUT2D eigenvalue weighted by Gasteiger charge is -2.13. The van der Waals surface area contributed by atoms with Crippen molar-refractivity contribution in [3.8, 4) is 0 Å². The highest BCUT2D eigenvalue weighted by atomic mass is 16.3. The molecule has 13 heavy (non-hydrogen) atoms. The van der Waals surface area contributed by atoms with Gasteiger partial charge in [0.1, 0.15) is 0 Å². The van der Waals surface area contributed by atoms with Gasteiger partial charge in [0, 0.05) is 31.4 Å². The molecule has 0 saturated heterocycles. The quantitative estimate of drug-likeness (QED) is 0.719. The molecule has 1 heterocycles. The van der Waals surface area contributed by atoms with Crippen molar-refractivity contribution in [3.63, 3.8) is 0 Å². The van der Waals surface area contributed by atoms with Crippen LogP contribution in [0, 0.1) is 0 Å². The Kier molecular flexibility index (Phi) is 4.43. The third-order valence-corrected chi connectivity index (χ3v) is 1.96. The number of rotatable bonds is 5. The van der Waals surface area contributed by atoms with E-state index in [9.17, 15) is 0 Å². The second-order valence-corrected chi connectivity index (χ2v) is 3.10. The summed E-state index contributed by atoms with van der Waals surface area (Å²) in [7, 11) is 2.00. The zero-order chi connectivity index (χ0) is 9.52. The molecule has 0 aliphatic rings. The van der Waals surface area contributed by atoms with Gasteiger partial charge in [0.05, 0.1) is 6.61 Å². The monoisotopic (exact) mass is 180 g/mol. The molecule has 0 unspecified atom stereocenters. The minimum absolute atomic E-state index is 0.221. The van der Waals surface area contributed by atoms with Crippen molar-refractivity contribution in [1.29, 1.82) is 0 Å². The number of aliphatic hydroxyl groups is 1. The smallest absolute Gasteiger partial charge is 0.0558 e. The number of aliphatic hydroxyl groups excluding tert-OH is 1. The molecule has 1 N–H and O–H groups in total. The molecule has 0 aliphatic carbocycles. The topological polar surface area (TPSA) is 36.4 Å². The van der Waals surface area contributed by atoms with E-state index in [0.717, 1.165) is 25.2 Å². The first-order valence-electron chi connectivity index (χ1n) is 4.52. The number of hydrogen-bond donors (Lipinski definition) is 1. The fourth-order valence-corrected chi connectivity index (χ4v) is 1.13. The highest BCUT2D eigenvalue weighted by molar-refractivity contribution is 5.03. The fourth-order valence-electron chi connectivity index (χ4n) is 1.13. The van der Waals surface area contributed by atoms with Gasteiger partial charge in [0.2, 0.25) is 0 Å². The Labute approximate surface area is 79.0 Å². The van der Waals surface area contributed by atoms with E-state index in [2.05, 4.69) is 9.88 Å². The minimum atomic E-state index is 0.221. The molecule has 1 aromatic heterocycles. The summed E-state index contributed by atoms with van der Waals surface area (Å²) >= 11 is 0. The van der Waals surface area contributed by atoms with Crippen LogP contribution in [0.15, 0.2) is 24.4 Å². The summed E-state index contributed by atoms with van der Waals surface area (Å²) in [6, 6.07) is 5.93. The molecule has 1 rings (SSSR count). The van der Waals surface area contributed by atoms with Crippen molar-refractivity contribution in [2.24, 2.45) is 0 Å². The average Bonchev–Trinajstić information content (AvgIpc) is 2.17. The fraction of sp³-hybridized carbons (Fsp3) is 0.500. The molecule has 0 aliphatic heterocycles. The predicted octanol–water partition coefficient (Wildman–Crippen LogP) is 0.548. The zero-order valence-corrected chi connectivity index (χ0v) is 7.98. The van der Waals surface area contributed by atoms with Gasteiger partial charge in [-0.2, -0.15) is 0 Å². The maximum absolute atomic E-state index is 8.68. The van der Waals surface area contributed by atoms with Crippen molar-refractivity contribution in [2.75, 3.05) is 26.7 Å². The molecule has 0 fully saturated rings. The maximum atomic E-state index is 8.68. The normalized spacial score (nSPS) is 10.7. The maximum Gasteiger partial charge on any atom is 0.0558 e. The molecule has 0 atom stereocenters. The predicted molar refractivity (Wildman–Crippen MR) is 52.5 cm³/mol. The third kappa shape index (κ3) is 4.01. The van der Waals surface area contributed by atoms with Crippen LogP contribution in [0.3, 0.4) is 0 Å². The van der Waals surface area contributed by atoms with Gasteiger partial charge in [-0.25, -0.2) is 0 Å². The molecule has 0 radical (unpaired) electrons. The molecule has 0 saturated carbocycles. The van der Waals surface area contributed by atoms with Crippen LogP contribution in [0.2, 0.25) is 0 Å². The van der Waals surface area contributed by atoms with Crippen LogP contribution in [0.1, 0.15) is 5.69 Å². The van der Waals surface area contributed by atoms with Crippen LogP contribution in [0.5, 0.6) is 0 Å². The Hall–Kier alpha value is -0.930. The molecule has 1 aromatic rings. The van der Waals surface area contributed by atoms with Crippen LogP contribution >= 0.6 is 0 Å². The molecule has 0 amide bonds. The lowest BCUT2D eigenvalue weighted by Crippen LogP contribution is -2.24. The Bertz CT molecular complexity index is 226. The highest BCUT2D eigenvalue weighted by Crippen LogP contribution is 1.95. The van der Waals surface area contributed by atoms with E-state index in [1.807, 2.05) is 25.2 Å². The molecule has 3 heteroatoms. The number of hydrogen-bond acceptors (Lipinski definition) is 3. The minimum Gasteiger partial charge on any atom is -0.395 e. The Morgan fingerprint density at radius 1 is 1.38 bits per heavy atom. The van der Waals surface area contributed by atoms with E-state index in [4.69, 9.17) is 5.11 Å². The van der Waals surface area contributed by atoms with Crippen LogP contribution < -0.4 is 0 Å². The van der Waals surface area contributed by atoms with Crippen LogP contribution in [-0.4, -0.2) is 41.7 Å². The van der Waals surface area contributed by atoms with Gasteiger partial charge < -0.3 is 10.0 Å². The van der Waals surface area contributed by atoms with E-state index in [1.54, 1.807) is 6.20 Å². The number of likely N-dealkylation sites (N-methyl/N-ethyl adjacent to an activating group) is 1. The van der Waals surface area contributed by atoms with Gasteiger partial charge in [0.25, 0.3) is 0 Å². The number of nitrogens with zero attached hydrogens (tertiary/aromatic N) is 2. The van der Waals surface area contributed by atoms with Gasteiger partial charge in [0.15, 0.2) is 0 Å². The molecule has 72 valence electrons. The van der Waals surface area contributed by atoms with Gasteiger partial charge in [-0.1, -0.05) is 6.07 Å². The second-order valence-electron chi connectivity index (χ2n) is 3.10. The summed E-state index contributed by atoms with van der Waals surface area (Å²) in [5.41, 5.74) is 1.10. The molecular formula is C10H16N2O. The van der Waals surface area contributed by atoms with E-state index in [0.29, 0.717) is 0 Å². The van der Waals surface area contributed by atoms with Crippen molar-refractivity contribution in [2.45, 2.75) is 6.42 Å². The molecular weight excluding hydrogens is 164 g/mol. The molecule has 3 nitrogen and oxygen atoms in total. The van der Waals surface area contributed by atoms with E-state index in [1.165, 1.54) is 0 Å². The Balaban J connectivity index is 2.27. The van der Waals surface area contributed by atoms with Gasteiger partial charge in [-0.05, 0) is 19.2 Å². The van der Waals surface area contributed by atoms with Crippen molar-refractivity contribution >= 4 is 0 Å². The van der Waals surface area contributed by atoms with Crippen LogP contribution in [0.25, 0.3) is 0 Å². The molecule has 0 bridgehead atoms. The molecule has 0 aromatic carbocycles. The standard InChI is InChI=1S/C10H16N2O/c1-12(8-9-13)7-5-10-4-2-3-6-11-10/h2-4,6,13H,5,7-9H2,1H3. The Morgan fingerprint density at radius 3 is 2.85 bits per heavy atom. The second kappa shape index (κ2) is 5.67. The van der Waals surface area contributed by atoms with Gasteiger partial charge in [-0.15, -0.1) is 0 Å². The van der Waals surface area contributed by atoms with Crippen molar-refractivity contribution < 1.29 is 5.11 Å². The largest absolute Gasteiger partial charge is 0.395 e. The van der Waals surface area contributed by atoms with Crippen molar-refractivity contribution in [1.82, 2.24) is 9.88 Å². The summed E-state index contributed by atoms with van der Waals surface area (Å²) in [5.74, 6) is 0. The van der Waals surface area contributed by atoms with E-state index >= 15 is 0 Å². The first kappa shape index (κ1) is 10.2. The lowest BCUT2D eigenvalue weighted by molar-refractivity contribution is 0.222. The summed E-state index contributed by atoms with van der Waals surface area (Å²) < 4.78 is 0. The third-order valence-electron chi connectivity index (χ3n) is 1.96. The highest BCUT2D eigenvalue weighted by Gasteiger charge is 1.98.